The highest BCUT2D eigenvalue weighted by Gasteiger charge is 2.16. The van der Waals surface area contributed by atoms with Crippen molar-refractivity contribution >= 4 is 5.97 Å². The number of carbonyl (C=O) groups is 1. The summed E-state index contributed by atoms with van der Waals surface area (Å²) in [5.74, 6) is -0.212. The zero-order chi connectivity index (χ0) is 21.4. The van der Waals surface area contributed by atoms with E-state index in [-0.39, 0.29) is 32.7 Å². The molecule has 0 atom stereocenters. The van der Waals surface area contributed by atoms with E-state index in [0.29, 0.717) is 18.8 Å². The molecule has 0 unspecified atom stereocenters. The number of benzene rings is 1. The van der Waals surface area contributed by atoms with Crippen LogP contribution in [0.1, 0.15) is 45.6 Å². The SMILES string of the molecule is CCCn1c(=O)n(CCC(=O)OCc2ccccc2)c(=O)n(CCC(C)C)c1=O. The molecule has 2 aromatic rings. The first-order valence-corrected chi connectivity index (χ1v) is 9.99. The fourth-order valence-corrected chi connectivity index (χ4v) is 2.88. The number of rotatable bonds is 10. The zero-order valence-electron chi connectivity index (χ0n) is 17.3. The number of carbonyl (C=O) groups excluding carboxylic acids is 1. The lowest BCUT2D eigenvalue weighted by atomic mass is 10.1. The van der Waals surface area contributed by atoms with Crippen LogP contribution in [0, 0.1) is 5.92 Å². The average Bonchev–Trinajstić information content (AvgIpc) is 2.70. The monoisotopic (exact) mass is 403 g/mol. The molecule has 0 amide bonds. The molecule has 2 rings (SSSR count). The summed E-state index contributed by atoms with van der Waals surface area (Å²) in [6.45, 7) is 6.29. The number of esters is 1. The summed E-state index contributed by atoms with van der Waals surface area (Å²) in [4.78, 5) is 50.0. The van der Waals surface area contributed by atoms with Crippen LogP contribution in [0.4, 0.5) is 0 Å². The molecule has 8 heteroatoms. The largest absolute Gasteiger partial charge is 0.461 e. The van der Waals surface area contributed by atoms with Gasteiger partial charge in [0.15, 0.2) is 0 Å². The van der Waals surface area contributed by atoms with Gasteiger partial charge in [0.2, 0.25) is 0 Å². The number of hydrogen-bond donors (Lipinski definition) is 0. The van der Waals surface area contributed by atoms with Gasteiger partial charge >= 0.3 is 23.0 Å². The third kappa shape index (κ3) is 6.04. The Labute approximate surface area is 169 Å². The maximum atomic E-state index is 12.7. The van der Waals surface area contributed by atoms with Crippen molar-refractivity contribution in [3.63, 3.8) is 0 Å². The van der Waals surface area contributed by atoms with Gasteiger partial charge in [0, 0.05) is 19.6 Å². The van der Waals surface area contributed by atoms with E-state index in [4.69, 9.17) is 4.74 Å². The van der Waals surface area contributed by atoms with Gasteiger partial charge in [0.1, 0.15) is 6.61 Å². The fourth-order valence-electron chi connectivity index (χ4n) is 2.88. The van der Waals surface area contributed by atoms with Gasteiger partial charge in [-0.15, -0.1) is 0 Å². The topological polar surface area (TPSA) is 92.3 Å². The van der Waals surface area contributed by atoms with Gasteiger partial charge in [0.05, 0.1) is 6.42 Å². The van der Waals surface area contributed by atoms with Crippen LogP contribution in [0.25, 0.3) is 0 Å². The molecule has 0 aliphatic rings. The van der Waals surface area contributed by atoms with Crippen molar-refractivity contribution < 1.29 is 9.53 Å². The summed E-state index contributed by atoms with van der Waals surface area (Å²) in [5.41, 5.74) is -1.10. The van der Waals surface area contributed by atoms with Crippen molar-refractivity contribution in [2.24, 2.45) is 5.92 Å². The molecule has 8 nitrogen and oxygen atoms in total. The van der Waals surface area contributed by atoms with Gasteiger partial charge in [-0.3, -0.25) is 4.79 Å². The molecule has 29 heavy (non-hydrogen) atoms. The third-order valence-electron chi connectivity index (χ3n) is 4.54. The van der Waals surface area contributed by atoms with Crippen molar-refractivity contribution in [3.8, 4) is 0 Å². The standard InChI is InChI=1S/C21H29N3O5/c1-4-12-22-19(26)23(13-10-16(2)3)21(28)24(20(22)27)14-11-18(25)29-15-17-8-6-5-7-9-17/h5-9,16H,4,10-15H2,1-3H3. The summed E-state index contributed by atoms with van der Waals surface area (Å²) in [6.07, 6.45) is 1.09. The van der Waals surface area contributed by atoms with Crippen LogP contribution in [0.5, 0.6) is 0 Å². The van der Waals surface area contributed by atoms with Crippen LogP contribution in [0.2, 0.25) is 0 Å². The Bertz CT molecular complexity index is 986. The third-order valence-corrected chi connectivity index (χ3v) is 4.54. The van der Waals surface area contributed by atoms with E-state index in [9.17, 15) is 19.2 Å². The first-order valence-electron chi connectivity index (χ1n) is 9.99. The Morgan fingerprint density at radius 1 is 0.897 bits per heavy atom. The molecule has 1 aromatic heterocycles. The lowest BCUT2D eigenvalue weighted by molar-refractivity contribution is -0.145. The second-order valence-corrected chi connectivity index (χ2v) is 7.38. The summed E-state index contributed by atoms with van der Waals surface area (Å²) >= 11 is 0. The minimum Gasteiger partial charge on any atom is -0.461 e. The number of ether oxygens (including phenoxy) is 1. The lowest BCUT2D eigenvalue weighted by Gasteiger charge is -2.14. The molecule has 1 heterocycles. The molecule has 0 saturated carbocycles. The van der Waals surface area contributed by atoms with Crippen LogP contribution >= 0.6 is 0 Å². The smallest absolute Gasteiger partial charge is 0.336 e. The molecule has 0 fully saturated rings. The van der Waals surface area contributed by atoms with Crippen molar-refractivity contribution in [3.05, 3.63) is 67.3 Å². The Hall–Kier alpha value is -2.90. The maximum Gasteiger partial charge on any atom is 0.336 e. The molecule has 158 valence electrons. The van der Waals surface area contributed by atoms with Crippen LogP contribution in [-0.4, -0.2) is 19.7 Å². The molecule has 0 spiro atoms. The fraction of sp³-hybridized carbons (Fsp3) is 0.524. The average molecular weight is 403 g/mol. The van der Waals surface area contributed by atoms with E-state index in [1.165, 1.54) is 0 Å². The van der Waals surface area contributed by atoms with E-state index in [1.54, 1.807) is 0 Å². The summed E-state index contributed by atoms with van der Waals surface area (Å²) in [5, 5.41) is 0. The predicted octanol–water partition coefficient (Wildman–Crippen LogP) is 1.76. The second kappa shape index (κ2) is 10.6. The summed E-state index contributed by atoms with van der Waals surface area (Å²) in [7, 11) is 0. The summed E-state index contributed by atoms with van der Waals surface area (Å²) < 4.78 is 8.32. The highest BCUT2D eigenvalue weighted by molar-refractivity contribution is 5.69. The first kappa shape index (κ1) is 22.4. The van der Waals surface area contributed by atoms with Gasteiger partial charge in [-0.2, -0.15) is 0 Å². The Kier molecular flexibility index (Phi) is 8.18. The minimum atomic E-state index is -0.682. The van der Waals surface area contributed by atoms with Crippen LogP contribution in [0.15, 0.2) is 44.7 Å². The van der Waals surface area contributed by atoms with Gasteiger partial charge in [-0.05, 0) is 24.3 Å². The van der Waals surface area contributed by atoms with Gasteiger partial charge < -0.3 is 4.74 Å². The number of aromatic nitrogens is 3. The molecule has 0 N–H and O–H groups in total. The highest BCUT2D eigenvalue weighted by Crippen LogP contribution is 2.02. The maximum absolute atomic E-state index is 12.7. The van der Waals surface area contributed by atoms with Crippen molar-refractivity contribution in [1.82, 2.24) is 13.7 Å². The van der Waals surface area contributed by atoms with Crippen molar-refractivity contribution in [2.45, 2.75) is 66.3 Å². The van der Waals surface area contributed by atoms with Crippen LogP contribution in [-0.2, 0) is 35.8 Å². The van der Waals surface area contributed by atoms with Gasteiger partial charge in [-0.1, -0.05) is 51.1 Å². The van der Waals surface area contributed by atoms with E-state index >= 15 is 0 Å². The number of nitrogens with zero attached hydrogens (tertiary/aromatic N) is 3. The van der Waals surface area contributed by atoms with Crippen LogP contribution in [0.3, 0.4) is 0 Å². The minimum absolute atomic E-state index is 0.128. The quantitative estimate of drug-likeness (QED) is 0.564. The van der Waals surface area contributed by atoms with E-state index in [0.717, 1.165) is 19.3 Å². The second-order valence-electron chi connectivity index (χ2n) is 7.38. The Morgan fingerprint density at radius 3 is 2.00 bits per heavy atom. The molecule has 0 aliphatic heterocycles. The highest BCUT2D eigenvalue weighted by atomic mass is 16.5. The molecule has 0 saturated heterocycles. The van der Waals surface area contributed by atoms with E-state index in [2.05, 4.69) is 0 Å². The summed E-state index contributed by atoms with van der Waals surface area (Å²) in [6, 6.07) is 9.24. The zero-order valence-corrected chi connectivity index (χ0v) is 17.3. The molecule has 0 bridgehead atoms. The van der Waals surface area contributed by atoms with E-state index < -0.39 is 23.0 Å². The molecule has 0 radical (unpaired) electrons. The molecule has 1 aromatic carbocycles. The van der Waals surface area contributed by atoms with Gasteiger partial charge in [0.25, 0.3) is 0 Å². The van der Waals surface area contributed by atoms with Crippen molar-refractivity contribution in [1.29, 1.82) is 0 Å². The predicted molar refractivity (Wildman–Crippen MR) is 110 cm³/mol. The molecular formula is C21H29N3O5. The Morgan fingerprint density at radius 2 is 1.45 bits per heavy atom. The number of hydrogen-bond acceptors (Lipinski definition) is 5. The van der Waals surface area contributed by atoms with Crippen molar-refractivity contribution in [2.75, 3.05) is 0 Å². The lowest BCUT2D eigenvalue weighted by Crippen LogP contribution is -2.54. The Balaban J connectivity index is 2.19. The molecular weight excluding hydrogens is 374 g/mol. The first-order chi connectivity index (χ1) is 13.8. The van der Waals surface area contributed by atoms with Gasteiger partial charge in [-0.25, -0.2) is 28.1 Å². The normalized spacial score (nSPS) is 11.0. The molecule has 0 aliphatic carbocycles. The van der Waals surface area contributed by atoms with Crippen LogP contribution < -0.4 is 17.1 Å². The van der Waals surface area contributed by atoms with E-state index in [1.807, 2.05) is 51.1 Å².